The average Bonchev–Trinajstić information content (AvgIpc) is 3.32. The Kier molecular flexibility index (Phi) is 7.47. The second-order valence-corrected chi connectivity index (χ2v) is 8.32. The largest absolute Gasteiger partial charge is 0.497 e. The highest BCUT2D eigenvalue weighted by molar-refractivity contribution is 7.14. The fraction of sp³-hybridized carbons (Fsp3) is 0.333. The molecule has 2 heterocycles. The maximum atomic E-state index is 14.4. The zero-order valence-electron chi connectivity index (χ0n) is 18.0. The van der Waals surface area contributed by atoms with Crippen LogP contribution in [0.15, 0.2) is 53.9 Å². The third kappa shape index (κ3) is 5.32. The van der Waals surface area contributed by atoms with Gasteiger partial charge in [0, 0.05) is 37.1 Å². The number of thiazole rings is 1. The number of anilines is 1. The molecule has 0 aliphatic carbocycles. The number of benzene rings is 2. The van der Waals surface area contributed by atoms with Gasteiger partial charge in [-0.05, 0) is 42.8 Å². The lowest BCUT2D eigenvalue weighted by Crippen LogP contribution is -2.39. The number of ether oxygens (including phenoxy) is 2. The Hall–Kier alpha value is -2.81. The number of methoxy groups -OCH3 is 1. The Morgan fingerprint density at radius 2 is 1.94 bits per heavy atom. The third-order valence-corrected chi connectivity index (χ3v) is 6.28. The van der Waals surface area contributed by atoms with Crippen LogP contribution >= 0.6 is 11.3 Å². The molecule has 0 unspecified atom stereocenters. The quantitative estimate of drug-likeness (QED) is 0.506. The summed E-state index contributed by atoms with van der Waals surface area (Å²) in [5.41, 5.74) is 1.76. The first-order chi connectivity index (χ1) is 15.7. The van der Waals surface area contributed by atoms with Crippen LogP contribution in [0.25, 0.3) is 11.3 Å². The van der Waals surface area contributed by atoms with Crippen LogP contribution in [0.3, 0.4) is 0 Å². The highest BCUT2D eigenvalue weighted by atomic mass is 32.1. The Morgan fingerprint density at radius 3 is 2.66 bits per heavy atom. The van der Waals surface area contributed by atoms with Crippen LogP contribution in [0, 0.1) is 5.82 Å². The lowest BCUT2D eigenvalue weighted by atomic mass is 10.1. The van der Waals surface area contributed by atoms with Crippen LogP contribution in [-0.4, -0.2) is 62.3 Å². The predicted octanol–water partition coefficient (Wildman–Crippen LogP) is 4.33. The molecule has 1 amide bonds. The third-order valence-electron chi connectivity index (χ3n) is 5.42. The number of morpholine rings is 1. The fourth-order valence-electron chi connectivity index (χ4n) is 3.62. The van der Waals surface area contributed by atoms with Crippen molar-refractivity contribution in [2.45, 2.75) is 6.42 Å². The van der Waals surface area contributed by atoms with Crippen molar-refractivity contribution in [1.82, 2.24) is 9.88 Å². The SMILES string of the molecule is COc1ccc(-c2csc(N(CCCN3CCOCC3)C(=O)c3ccccc3F)n2)cc1. The van der Waals surface area contributed by atoms with Crippen LogP contribution in [0.5, 0.6) is 5.75 Å². The molecule has 3 aromatic rings. The minimum absolute atomic E-state index is 0.0556. The maximum absolute atomic E-state index is 14.4. The first-order valence-electron chi connectivity index (χ1n) is 10.6. The van der Waals surface area contributed by atoms with E-state index in [0.717, 1.165) is 56.3 Å². The van der Waals surface area contributed by atoms with Crippen molar-refractivity contribution in [1.29, 1.82) is 0 Å². The first kappa shape index (κ1) is 22.4. The van der Waals surface area contributed by atoms with Crippen molar-refractivity contribution in [2.75, 3.05) is 51.4 Å². The molecule has 1 fully saturated rings. The van der Waals surface area contributed by atoms with E-state index >= 15 is 0 Å². The van der Waals surface area contributed by atoms with E-state index in [1.165, 1.54) is 23.5 Å². The van der Waals surface area contributed by atoms with Gasteiger partial charge in [0.1, 0.15) is 11.6 Å². The molecule has 1 aliphatic heterocycles. The maximum Gasteiger partial charge on any atom is 0.263 e. The highest BCUT2D eigenvalue weighted by Gasteiger charge is 2.23. The summed E-state index contributed by atoms with van der Waals surface area (Å²) in [7, 11) is 1.62. The number of aromatic nitrogens is 1. The van der Waals surface area contributed by atoms with E-state index in [1.807, 2.05) is 29.6 Å². The van der Waals surface area contributed by atoms with Crippen LogP contribution in [0.2, 0.25) is 0 Å². The van der Waals surface area contributed by atoms with Gasteiger partial charge in [0.25, 0.3) is 5.91 Å². The molecule has 2 aromatic carbocycles. The second-order valence-electron chi connectivity index (χ2n) is 7.49. The fourth-order valence-corrected chi connectivity index (χ4v) is 4.48. The number of hydrogen-bond donors (Lipinski definition) is 0. The molecule has 1 aromatic heterocycles. The standard InChI is InChI=1S/C24H26FN3O3S/c1-30-19-9-7-18(8-10-19)22-17-32-24(26-22)28(12-4-11-27-13-15-31-16-14-27)23(29)20-5-2-3-6-21(20)25/h2-3,5-10,17H,4,11-16H2,1H3. The van der Waals surface area contributed by atoms with Gasteiger partial charge in [0.05, 0.1) is 31.6 Å². The molecule has 0 atom stereocenters. The van der Waals surface area contributed by atoms with Crippen LogP contribution in [0.4, 0.5) is 9.52 Å². The molecule has 0 radical (unpaired) electrons. The van der Waals surface area contributed by atoms with Crippen LogP contribution in [0.1, 0.15) is 16.8 Å². The van der Waals surface area contributed by atoms with Crippen molar-refractivity contribution < 1.29 is 18.7 Å². The molecule has 0 N–H and O–H groups in total. The first-order valence-corrected chi connectivity index (χ1v) is 11.5. The lowest BCUT2D eigenvalue weighted by Gasteiger charge is -2.27. The summed E-state index contributed by atoms with van der Waals surface area (Å²) < 4.78 is 25.0. The van der Waals surface area contributed by atoms with E-state index in [1.54, 1.807) is 24.1 Å². The number of amides is 1. The highest BCUT2D eigenvalue weighted by Crippen LogP contribution is 2.30. The molecular formula is C24H26FN3O3S. The number of carbonyl (C=O) groups is 1. The van der Waals surface area contributed by atoms with Crippen molar-refractivity contribution in [3.8, 4) is 17.0 Å². The Morgan fingerprint density at radius 1 is 1.19 bits per heavy atom. The van der Waals surface area contributed by atoms with E-state index in [0.29, 0.717) is 11.7 Å². The van der Waals surface area contributed by atoms with E-state index < -0.39 is 5.82 Å². The zero-order valence-corrected chi connectivity index (χ0v) is 18.8. The minimum atomic E-state index is -0.525. The van der Waals surface area contributed by atoms with Crippen LogP contribution < -0.4 is 9.64 Å². The minimum Gasteiger partial charge on any atom is -0.497 e. The summed E-state index contributed by atoms with van der Waals surface area (Å²) in [6, 6.07) is 13.7. The van der Waals surface area contributed by atoms with Gasteiger partial charge in [0.2, 0.25) is 0 Å². The molecule has 0 spiro atoms. The number of carbonyl (C=O) groups excluding carboxylic acids is 1. The zero-order chi connectivity index (χ0) is 22.3. The van der Waals surface area contributed by atoms with Gasteiger partial charge >= 0.3 is 0 Å². The molecule has 32 heavy (non-hydrogen) atoms. The van der Waals surface area contributed by atoms with Crippen molar-refractivity contribution in [3.05, 3.63) is 65.3 Å². The van der Waals surface area contributed by atoms with Crippen molar-refractivity contribution in [3.63, 3.8) is 0 Å². The van der Waals surface area contributed by atoms with Gasteiger partial charge in [-0.15, -0.1) is 11.3 Å². The molecule has 0 bridgehead atoms. The summed E-state index contributed by atoms with van der Waals surface area (Å²) in [5, 5.41) is 2.48. The molecule has 0 saturated carbocycles. The molecule has 4 rings (SSSR count). The molecule has 1 aliphatic rings. The van der Waals surface area contributed by atoms with Gasteiger partial charge < -0.3 is 9.47 Å². The normalized spacial score (nSPS) is 14.3. The van der Waals surface area contributed by atoms with Gasteiger partial charge in [-0.1, -0.05) is 12.1 Å². The summed E-state index contributed by atoms with van der Waals surface area (Å²) in [6.07, 6.45) is 0.762. The predicted molar refractivity (Wildman–Crippen MR) is 124 cm³/mol. The number of rotatable bonds is 8. The topological polar surface area (TPSA) is 54.9 Å². The smallest absolute Gasteiger partial charge is 0.263 e. The average molecular weight is 456 g/mol. The van der Waals surface area contributed by atoms with E-state index in [4.69, 9.17) is 14.5 Å². The molecule has 6 nitrogen and oxygen atoms in total. The van der Waals surface area contributed by atoms with E-state index in [9.17, 15) is 9.18 Å². The van der Waals surface area contributed by atoms with Gasteiger partial charge in [0.15, 0.2) is 5.13 Å². The summed E-state index contributed by atoms with van der Waals surface area (Å²) >= 11 is 1.38. The molecule has 8 heteroatoms. The molecular weight excluding hydrogens is 429 g/mol. The van der Waals surface area contributed by atoms with E-state index in [2.05, 4.69) is 4.90 Å². The number of nitrogens with zero attached hydrogens (tertiary/aromatic N) is 3. The lowest BCUT2D eigenvalue weighted by molar-refractivity contribution is 0.0376. The Balaban J connectivity index is 1.54. The summed E-state index contributed by atoms with van der Waals surface area (Å²) in [4.78, 5) is 21.9. The van der Waals surface area contributed by atoms with Crippen LogP contribution in [-0.2, 0) is 4.74 Å². The second kappa shape index (κ2) is 10.7. The van der Waals surface area contributed by atoms with E-state index in [-0.39, 0.29) is 11.5 Å². The number of hydrogen-bond acceptors (Lipinski definition) is 6. The van der Waals surface area contributed by atoms with Gasteiger partial charge in [-0.2, -0.15) is 0 Å². The molecule has 1 saturated heterocycles. The Labute approximate surface area is 191 Å². The van der Waals surface area contributed by atoms with Crippen molar-refractivity contribution in [2.24, 2.45) is 0 Å². The summed E-state index contributed by atoms with van der Waals surface area (Å²) in [6.45, 7) is 4.55. The summed E-state index contributed by atoms with van der Waals surface area (Å²) in [5.74, 6) is -0.132. The number of halogens is 1. The monoisotopic (exact) mass is 455 g/mol. The van der Waals surface area contributed by atoms with Crippen molar-refractivity contribution >= 4 is 22.4 Å². The Bertz CT molecular complexity index is 1030. The van der Waals surface area contributed by atoms with Gasteiger partial charge in [-0.3, -0.25) is 14.6 Å². The van der Waals surface area contributed by atoms with Gasteiger partial charge in [-0.25, -0.2) is 9.37 Å². The molecule has 168 valence electrons.